The van der Waals surface area contributed by atoms with Crippen molar-refractivity contribution in [3.05, 3.63) is 23.8 Å². The Hall–Kier alpha value is -0.520. The third kappa shape index (κ3) is 5.61. The van der Waals surface area contributed by atoms with Gasteiger partial charge in [0.1, 0.15) is 0 Å². The van der Waals surface area contributed by atoms with E-state index in [4.69, 9.17) is 0 Å². The van der Waals surface area contributed by atoms with Crippen LogP contribution in [0, 0.1) is 5.41 Å². The summed E-state index contributed by atoms with van der Waals surface area (Å²) in [7, 11) is 0. The van der Waals surface area contributed by atoms with Gasteiger partial charge in [-0.3, -0.25) is 0 Å². The van der Waals surface area contributed by atoms with Gasteiger partial charge in [-0.05, 0) is 19.3 Å². The van der Waals surface area contributed by atoms with Crippen LogP contribution in [0.25, 0.3) is 0 Å². The van der Waals surface area contributed by atoms with Crippen LogP contribution in [-0.2, 0) is 0 Å². The van der Waals surface area contributed by atoms with Crippen molar-refractivity contribution in [3.8, 4) is 0 Å². The molecule has 0 aliphatic rings. The van der Waals surface area contributed by atoms with Gasteiger partial charge >= 0.3 is 0 Å². The first-order valence-electron chi connectivity index (χ1n) is 3.78. The van der Waals surface area contributed by atoms with Crippen LogP contribution in [0.5, 0.6) is 0 Å². The summed E-state index contributed by atoms with van der Waals surface area (Å²) in [5.74, 6) is 0. The van der Waals surface area contributed by atoms with Crippen LogP contribution in [-0.4, -0.2) is 0 Å². The van der Waals surface area contributed by atoms with Crippen molar-refractivity contribution >= 4 is 0 Å². The second-order valence-corrected chi connectivity index (χ2v) is 3.75. The normalized spacial score (nSPS) is 14.7. The average molecular weight is 138 g/mol. The first-order chi connectivity index (χ1) is 4.45. The van der Waals surface area contributed by atoms with E-state index >= 15 is 0 Å². The minimum atomic E-state index is 0.309. The van der Waals surface area contributed by atoms with Crippen molar-refractivity contribution in [1.82, 2.24) is 0 Å². The molecule has 0 N–H and O–H groups in total. The van der Waals surface area contributed by atoms with Crippen molar-refractivity contribution in [2.45, 2.75) is 34.6 Å². The molecule has 10 heavy (non-hydrogen) atoms. The molecule has 0 saturated heterocycles. The number of rotatable bonds is 1. The maximum Gasteiger partial charge on any atom is -0.0197 e. The summed E-state index contributed by atoms with van der Waals surface area (Å²) in [5, 5.41) is 0. The summed E-state index contributed by atoms with van der Waals surface area (Å²) in [5.41, 5.74) is 1.65. The van der Waals surface area contributed by atoms with Gasteiger partial charge in [0.15, 0.2) is 0 Å². The minimum Gasteiger partial charge on any atom is -0.0874 e. The summed E-state index contributed by atoms with van der Waals surface area (Å²) in [4.78, 5) is 0. The Balaban J connectivity index is 4.17. The molecule has 0 unspecified atom stereocenters. The highest BCUT2D eigenvalue weighted by molar-refractivity contribution is 5.17. The Morgan fingerprint density at radius 1 is 1.20 bits per heavy atom. The topological polar surface area (TPSA) is 0 Å². The van der Waals surface area contributed by atoms with E-state index in [9.17, 15) is 0 Å². The van der Waals surface area contributed by atoms with Crippen LogP contribution >= 0.6 is 0 Å². The molecular formula is C10H18. The fourth-order valence-electron chi connectivity index (χ4n) is 0.994. The smallest absolute Gasteiger partial charge is 0.0197 e. The predicted octanol–water partition coefficient (Wildman–Crippen LogP) is 3.55. The molecule has 0 nitrogen and oxygen atoms in total. The van der Waals surface area contributed by atoms with Gasteiger partial charge in [0.2, 0.25) is 0 Å². The first kappa shape index (κ1) is 9.48. The highest BCUT2D eigenvalue weighted by Crippen LogP contribution is 2.17. The second-order valence-electron chi connectivity index (χ2n) is 3.75. The fourth-order valence-corrected chi connectivity index (χ4v) is 0.994. The lowest BCUT2D eigenvalue weighted by atomic mass is 9.94. The zero-order chi connectivity index (χ0) is 8.20. The van der Waals surface area contributed by atoms with E-state index < -0.39 is 0 Å². The van der Waals surface area contributed by atoms with Crippen LogP contribution in [0.2, 0.25) is 0 Å². The van der Waals surface area contributed by atoms with Gasteiger partial charge in [0, 0.05) is 0 Å². The van der Waals surface area contributed by atoms with E-state index in [1.165, 1.54) is 5.57 Å². The van der Waals surface area contributed by atoms with E-state index in [0.717, 1.165) is 0 Å². The fraction of sp³-hybridized carbons (Fsp3) is 0.600. The van der Waals surface area contributed by atoms with Crippen LogP contribution in [0.3, 0.4) is 0 Å². The van der Waals surface area contributed by atoms with Gasteiger partial charge in [-0.25, -0.2) is 0 Å². The third-order valence-corrected chi connectivity index (χ3v) is 1.09. The molecular weight excluding hydrogens is 120 g/mol. The maximum atomic E-state index is 2.27. The third-order valence-electron chi connectivity index (χ3n) is 1.09. The molecule has 0 amide bonds. The molecule has 0 aliphatic heterocycles. The van der Waals surface area contributed by atoms with Gasteiger partial charge < -0.3 is 0 Å². The number of hydrogen-bond donors (Lipinski definition) is 0. The Labute approximate surface area is 64.6 Å². The second kappa shape index (κ2) is 3.60. The number of hydrogen-bond acceptors (Lipinski definition) is 0. The summed E-state index contributed by atoms with van der Waals surface area (Å²) >= 11 is 0. The minimum absolute atomic E-state index is 0.309. The molecule has 0 heterocycles. The van der Waals surface area contributed by atoms with Crippen LogP contribution < -0.4 is 0 Å². The summed E-state index contributed by atoms with van der Waals surface area (Å²) < 4.78 is 0. The molecule has 0 aromatic rings. The van der Waals surface area contributed by atoms with E-state index in [0.29, 0.717) is 5.41 Å². The molecule has 58 valence electrons. The van der Waals surface area contributed by atoms with E-state index in [1.807, 2.05) is 6.92 Å². The van der Waals surface area contributed by atoms with Crippen molar-refractivity contribution in [3.63, 3.8) is 0 Å². The Morgan fingerprint density at radius 2 is 1.70 bits per heavy atom. The van der Waals surface area contributed by atoms with Gasteiger partial charge in [-0.1, -0.05) is 44.6 Å². The Kier molecular flexibility index (Phi) is 3.41. The SMILES string of the molecule is CC=C/C(C)=C/C(C)(C)C. The Bertz CT molecular complexity index is 142. The van der Waals surface area contributed by atoms with Crippen LogP contribution in [0.1, 0.15) is 34.6 Å². The van der Waals surface area contributed by atoms with Crippen molar-refractivity contribution in [2.24, 2.45) is 5.41 Å². The highest BCUT2D eigenvalue weighted by Gasteiger charge is 2.04. The molecule has 0 radical (unpaired) electrons. The number of allylic oxidation sites excluding steroid dienone is 4. The molecule has 0 fully saturated rings. The average Bonchev–Trinajstić information content (AvgIpc) is 1.59. The molecule has 0 rings (SSSR count). The van der Waals surface area contributed by atoms with E-state index in [-0.39, 0.29) is 0 Å². The molecule has 0 atom stereocenters. The zero-order valence-corrected chi connectivity index (χ0v) is 7.73. The molecule has 0 aliphatic carbocycles. The lowest BCUT2D eigenvalue weighted by Gasteiger charge is -2.12. The summed E-state index contributed by atoms with van der Waals surface area (Å²) in [6, 6.07) is 0. The van der Waals surface area contributed by atoms with Crippen molar-refractivity contribution in [1.29, 1.82) is 0 Å². The van der Waals surface area contributed by atoms with Crippen molar-refractivity contribution < 1.29 is 0 Å². The van der Waals surface area contributed by atoms with Crippen LogP contribution in [0.15, 0.2) is 23.8 Å². The van der Waals surface area contributed by atoms with Crippen molar-refractivity contribution in [2.75, 3.05) is 0 Å². The maximum absolute atomic E-state index is 2.27. The van der Waals surface area contributed by atoms with E-state index in [1.54, 1.807) is 0 Å². The molecule has 0 aromatic carbocycles. The summed E-state index contributed by atoms with van der Waals surface area (Å²) in [6.07, 6.45) is 6.47. The molecule has 0 spiro atoms. The largest absolute Gasteiger partial charge is 0.0874 e. The highest BCUT2D eigenvalue weighted by atomic mass is 14.1. The Morgan fingerprint density at radius 3 is 2.00 bits per heavy atom. The zero-order valence-electron chi connectivity index (χ0n) is 7.73. The molecule has 0 saturated carbocycles. The summed E-state index contributed by atoms with van der Waals surface area (Å²) in [6.45, 7) is 10.8. The van der Waals surface area contributed by atoms with Gasteiger partial charge in [-0.15, -0.1) is 0 Å². The standard InChI is InChI=1S/C10H18/c1-6-7-9(2)8-10(3,4)5/h6-8H,1-5H3/b7-6?,9-8+. The first-order valence-corrected chi connectivity index (χ1v) is 3.78. The predicted molar refractivity (Wildman–Crippen MR) is 48.0 cm³/mol. The molecule has 0 bridgehead atoms. The van der Waals surface area contributed by atoms with Gasteiger partial charge in [0.05, 0.1) is 0 Å². The monoisotopic (exact) mass is 138 g/mol. The lowest BCUT2D eigenvalue weighted by Crippen LogP contribution is -1.99. The van der Waals surface area contributed by atoms with Crippen LogP contribution in [0.4, 0.5) is 0 Å². The van der Waals surface area contributed by atoms with Gasteiger partial charge in [0.25, 0.3) is 0 Å². The molecule has 0 heteroatoms. The van der Waals surface area contributed by atoms with Gasteiger partial charge in [-0.2, -0.15) is 0 Å². The lowest BCUT2D eigenvalue weighted by molar-refractivity contribution is 0.541. The quantitative estimate of drug-likeness (QED) is 0.486. The van der Waals surface area contributed by atoms with E-state index in [2.05, 4.69) is 45.9 Å². The molecule has 0 aromatic heterocycles.